The number of carboxylic acids is 1. The first-order chi connectivity index (χ1) is 9.97. The molecular weight excluding hydrogens is 303 g/mol. The number of benzene rings is 1. The molecule has 0 atom stereocenters. The van der Waals surface area contributed by atoms with Gasteiger partial charge in [0.05, 0.1) is 6.42 Å². The summed E-state index contributed by atoms with van der Waals surface area (Å²) in [5, 5.41) is 11.2. The van der Waals surface area contributed by atoms with Crippen LogP contribution in [-0.4, -0.2) is 23.3 Å². The first-order valence-electron chi connectivity index (χ1n) is 6.34. The summed E-state index contributed by atoms with van der Waals surface area (Å²) < 4.78 is 39.7. The van der Waals surface area contributed by atoms with Crippen LogP contribution in [0.5, 0.6) is 5.75 Å². The molecule has 0 heterocycles. The van der Waals surface area contributed by atoms with Gasteiger partial charge in [-0.3, -0.25) is 9.59 Å². The molecule has 1 aromatic carbocycles. The zero-order valence-corrected chi connectivity index (χ0v) is 12.0. The smallest absolute Gasteiger partial charge is 0.481 e. The Morgan fingerprint density at radius 3 is 2.14 bits per heavy atom. The highest BCUT2D eigenvalue weighted by molar-refractivity contribution is 5.91. The summed E-state index contributed by atoms with van der Waals surface area (Å²) in [4.78, 5) is 22.5. The van der Waals surface area contributed by atoms with E-state index >= 15 is 0 Å². The average molecular weight is 319 g/mol. The Morgan fingerprint density at radius 2 is 1.68 bits per heavy atom. The zero-order valence-electron chi connectivity index (χ0n) is 12.0. The fourth-order valence-electron chi connectivity index (χ4n) is 1.85. The number of ether oxygens (including phenoxy) is 1. The van der Waals surface area contributed by atoms with Crippen LogP contribution in [-0.2, 0) is 9.59 Å². The van der Waals surface area contributed by atoms with E-state index in [0.717, 1.165) is 12.1 Å². The molecule has 0 aliphatic rings. The van der Waals surface area contributed by atoms with Gasteiger partial charge in [-0.05, 0) is 29.7 Å². The van der Waals surface area contributed by atoms with Gasteiger partial charge in [-0.25, -0.2) is 0 Å². The minimum absolute atomic E-state index is 0.0277. The molecule has 1 rings (SSSR count). The molecule has 22 heavy (non-hydrogen) atoms. The van der Waals surface area contributed by atoms with Crippen LogP contribution in [0.1, 0.15) is 26.7 Å². The molecule has 0 fully saturated rings. The van der Waals surface area contributed by atoms with Gasteiger partial charge >= 0.3 is 12.3 Å². The molecule has 2 N–H and O–H groups in total. The summed E-state index contributed by atoms with van der Waals surface area (Å²) in [5.41, 5.74) is -0.430. The van der Waals surface area contributed by atoms with Crippen molar-refractivity contribution in [2.24, 2.45) is 5.41 Å². The van der Waals surface area contributed by atoms with Crippen molar-refractivity contribution in [3.8, 4) is 5.75 Å². The van der Waals surface area contributed by atoms with Gasteiger partial charge in [0.15, 0.2) is 0 Å². The van der Waals surface area contributed by atoms with Crippen LogP contribution in [0, 0.1) is 5.41 Å². The summed E-state index contributed by atoms with van der Waals surface area (Å²) >= 11 is 0. The maximum atomic E-state index is 12.0. The summed E-state index contributed by atoms with van der Waals surface area (Å²) in [6.07, 6.45) is -4.97. The lowest BCUT2D eigenvalue weighted by molar-refractivity contribution is -0.274. The average Bonchev–Trinajstić information content (AvgIpc) is 2.26. The lowest BCUT2D eigenvalue weighted by Gasteiger charge is -2.21. The van der Waals surface area contributed by atoms with Crippen LogP contribution >= 0.6 is 0 Å². The van der Waals surface area contributed by atoms with E-state index in [1.165, 1.54) is 12.1 Å². The van der Waals surface area contributed by atoms with Gasteiger partial charge in [0, 0.05) is 12.1 Å². The van der Waals surface area contributed by atoms with E-state index in [4.69, 9.17) is 5.11 Å². The first kappa shape index (κ1) is 17.8. The Labute approximate surface area is 125 Å². The van der Waals surface area contributed by atoms with Crippen LogP contribution in [0.25, 0.3) is 0 Å². The standard InChI is InChI=1S/C14H16F3NO4/c1-13(2,8-12(20)21)7-11(19)18-9-3-5-10(6-4-9)22-14(15,16)17/h3-6H,7-8H2,1-2H3,(H,18,19)(H,20,21). The number of hydrogen-bond acceptors (Lipinski definition) is 3. The second-order valence-corrected chi connectivity index (χ2v) is 5.53. The van der Waals surface area contributed by atoms with Gasteiger partial charge < -0.3 is 15.2 Å². The van der Waals surface area contributed by atoms with Gasteiger partial charge in [-0.2, -0.15) is 0 Å². The topological polar surface area (TPSA) is 75.6 Å². The number of nitrogens with one attached hydrogen (secondary N) is 1. The fourth-order valence-corrected chi connectivity index (χ4v) is 1.85. The number of rotatable bonds is 6. The van der Waals surface area contributed by atoms with Crippen molar-refractivity contribution in [3.05, 3.63) is 24.3 Å². The van der Waals surface area contributed by atoms with Crippen molar-refractivity contribution < 1.29 is 32.6 Å². The monoisotopic (exact) mass is 319 g/mol. The number of anilines is 1. The van der Waals surface area contributed by atoms with Crippen molar-refractivity contribution in [3.63, 3.8) is 0 Å². The maximum Gasteiger partial charge on any atom is 0.573 e. The highest BCUT2D eigenvalue weighted by Crippen LogP contribution is 2.27. The molecule has 1 amide bonds. The normalized spacial score (nSPS) is 11.9. The van der Waals surface area contributed by atoms with Gasteiger partial charge in [0.2, 0.25) is 5.91 Å². The van der Waals surface area contributed by atoms with E-state index in [1.807, 2.05) is 0 Å². The van der Waals surface area contributed by atoms with Crippen LogP contribution in [0.4, 0.5) is 18.9 Å². The van der Waals surface area contributed by atoms with E-state index in [0.29, 0.717) is 5.69 Å². The van der Waals surface area contributed by atoms with Crippen molar-refractivity contribution in [2.75, 3.05) is 5.32 Å². The lowest BCUT2D eigenvalue weighted by Crippen LogP contribution is -2.24. The molecule has 0 aromatic heterocycles. The van der Waals surface area contributed by atoms with Crippen molar-refractivity contribution in [1.29, 1.82) is 0 Å². The number of alkyl halides is 3. The predicted molar refractivity (Wildman–Crippen MR) is 72.4 cm³/mol. The van der Waals surface area contributed by atoms with Crippen LogP contribution in [0.2, 0.25) is 0 Å². The lowest BCUT2D eigenvalue weighted by atomic mass is 9.85. The highest BCUT2D eigenvalue weighted by Gasteiger charge is 2.31. The van der Waals surface area contributed by atoms with Gasteiger partial charge in [-0.15, -0.1) is 13.2 Å². The quantitative estimate of drug-likeness (QED) is 0.842. The molecular formula is C14H16F3NO4. The number of amides is 1. The Balaban J connectivity index is 2.60. The first-order valence-corrected chi connectivity index (χ1v) is 6.34. The summed E-state index contributed by atoms with van der Waals surface area (Å²) in [7, 11) is 0. The van der Waals surface area contributed by atoms with Crippen molar-refractivity contribution in [2.45, 2.75) is 33.1 Å². The molecule has 0 aliphatic heterocycles. The van der Waals surface area contributed by atoms with E-state index in [9.17, 15) is 22.8 Å². The molecule has 0 spiro atoms. The molecule has 0 bridgehead atoms. The van der Waals surface area contributed by atoms with E-state index in [-0.39, 0.29) is 12.8 Å². The zero-order chi connectivity index (χ0) is 17.0. The summed E-state index contributed by atoms with van der Waals surface area (Å²) in [5.74, 6) is -1.82. The SMILES string of the molecule is CC(C)(CC(=O)O)CC(=O)Nc1ccc(OC(F)(F)F)cc1. The number of aliphatic carboxylic acids is 1. The van der Waals surface area contributed by atoms with Gasteiger partial charge in [0.25, 0.3) is 0 Å². The molecule has 122 valence electrons. The van der Waals surface area contributed by atoms with E-state index in [2.05, 4.69) is 10.1 Å². The van der Waals surface area contributed by atoms with Crippen molar-refractivity contribution in [1.82, 2.24) is 0 Å². The number of carbonyl (C=O) groups is 2. The fraction of sp³-hybridized carbons (Fsp3) is 0.429. The maximum absolute atomic E-state index is 12.0. The van der Waals surface area contributed by atoms with Crippen LogP contribution in [0.15, 0.2) is 24.3 Å². The van der Waals surface area contributed by atoms with Crippen molar-refractivity contribution >= 4 is 17.6 Å². The number of hydrogen-bond donors (Lipinski definition) is 2. The number of halogens is 3. The Bertz CT molecular complexity index is 538. The predicted octanol–water partition coefficient (Wildman–Crippen LogP) is 3.41. The largest absolute Gasteiger partial charge is 0.573 e. The Hall–Kier alpha value is -2.25. The molecule has 0 unspecified atom stereocenters. The van der Waals surface area contributed by atoms with E-state index in [1.54, 1.807) is 13.8 Å². The molecule has 1 aromatic rings. The third-order valence-corrected chi connectivity index (χ3v) is 2.64. The minimum atomic E-state index is -4.77. The molecule has 0 aliphatic carbocycles. The van der Waals surface area contributed by atoms with Crippen LogP contribution < -0.4 is 10.1 Å². The van der Waals surface area contributed by atoms with Gasteiger partial charge in [0.1, 0.15) is 5.75 Å². The Kier molecular flexibility index (Phi) is 5.40. The van der Waals surface area contributed by atoms with E-state index < -0.39 is 29.4 Å². The molecule has 0 saturated carbocycles. The number of carbonyl (C=O) groups excluding carboxylic acids is 1. The summed E-state index contributed by atoms with van der Waals surface area (Å²) in [6, 6.07) is 4.68. The Morgan fingerprint density at radius 1 is 1.14 bits per heavy atom. The molecule has 0 saturated heterocycles. The van der Waals surface area contributed by atoms with Gasteiger partial charge in [-0.1, -0.05) is 13.8 Å². The highest BCUT2D eigenvalue weighted by atomic mass is 19.4. The summed E-state index contributed by atoms with van der Waals surface area (Å²) in [6.45, 7) is 3.28. The third kappa shape index (κ3) is 6.96. The third-order valence-electron chi connectivity index (χ3n) is 2.64. The molecule has 5 nitrogen and oxygen atoms in total. The second-order valence-electron chi connectivity index (χ2n) is 5.53. The second kappa shape index (κ2) is 6.67. The number of carboxylic acid groups (broad SMARTS) is 1. The molecule has 8 heteroatoms. The minimum Gasteiger partial charge on any atom is -0.481 e. The molecule has 0 radical (unpaired) electrons. The van der Waals surface area contributed by atoms with Crippen LogP contribution in [0.3, 0.4) is 0 Å².